The number of aryl methyl sites for hydroxylation is 2. The molecule has 1 saturated heterocycles. The number of hydrogen-bond donors (Lipinski definition) is 1. The molecule has 3 rings (SSSR count). The third-order valence-electron chi connectivity index (χ3n) is 4.85. The van der Waals surface area contributed by atoms with Crippen LogP contribution in [0.5, 0.6) is 0 Å². The van der Waals surface area contributed by atoms with E-state index in [-0.39, 0.29) is 11.8 Å². The Kier molecular flexibility index (Phi) is 5.47. The summed E-state index contributed by atoms with van der Waals surface area (Å²) in [5.74, 6) is 0.840. The molecule has 2 amide bonds. The molecule has 0 saturated carbocycles. The van der Waals surface area contributed by atoms with Gasteiger partial charge in [-0.25, -0.2) is 0 Å². The molecule has 2 atom stereocenters. The average molecular weight is 371 g/mol. The molecule has 1 aliphatic rings. The van der Waals surface area contributed by atoms with Crippen LogP contribution in [0.3, 0.4) is 0 Å². The Hall–Kier alpha value is -2.14. The van der Waals surface area contributed by atoms with Crippen LogP contribution in [0.4, 0.5) is 5.69 Å². The number of carbonyl (C=O) groups excluding carboxylic acids is 2. The molecular weight excluding hydrogens is 344 g/mol. The molecule has 1 aromatic carbocycles. The van der Waals surface area contributed by atoms with Gasteiger partial charge in [0.2, 0.25) is 0 Å². The molecule has 0 aliphatic carbocycles. The van der Waals surface area contributed by atoms with E-state index in [0.29, 0.717) is 28.7 Å². The number of thiophene rings is 1. The summed E-state index contributed by atoms with van der Waals surface area (Å²) in [6, 6.07) is 9.19. The van der Waals surface area contributed by atoms with E-state index in [9.17, 15) is 9.59 Å². The fraction of sp³-hybridized carbons (Fsp3) is 0.429. The zero-order chi connectivity index (χ0) is 18.8. The maximum Gasteiger partial charge on any atom is 0.256 e. The molecule has 4 nitrogen and oxygen atoms in total. The molecular formula is C21H26N2O2S. The van der Waals surface area contributed by atoms with Crippen LogP contribution in [0, 0.1) is 25.7 Å². The Morgan fingerprint density at radius 2 is 1.73 bits per heavy atom. The highest BCUT2D eigenvalue weighted by atomic mass is 32.1. The Morgan fingerprint density at radius 1 is 1.08 bits per heavy atom. The van der Waals surface area contributed by atoms with E-state index >= 15 is 0 Å². The number of benzene rings is 1. The van der Waals surface area contributed by atoms with Crippen LogP contribution >= 0.6 is 11.3 Å². The van der Waals surface area contributed by atoms with Gasteiger partial charge < -0.3 is 10.2 Å². The lowest BCUT2D eigenvalue weighted by Gasteiger charge is -2.35. The van der Waals surface area contributed by atoms with Crippen molar-refractivity contribution >= 4 is 28.8 Å². The van der Waals surface area contributed by atoms with E-state index in [1.165, 1.54) is 0 Å². The van der Waals surface area contributed by atoms with Crippen LogP contribution in [0.1, 0.15) is 50.7 Å². The summed E-state index contributed by atoms with van der Waals surface area (Å²) in [5.41, 5.74) is 1.82. The maximum atomic E-state index is 13.1. The minimum Gasteiger partial charge on any atom is -0.338 e. The van der Waals surface area contributed by atoms with Crippen molar-refractivity contribution in [1.29, 1.82) is 0 Å². The van der Waals surface area contributed by atoms with Gasteiger partial charge in [-0.1, -0.05) is 26.0 Å². The number of piperidine rings is 1. The van der Waals surface area contributed by atoms with Crippen molar-refractivity contribution in [3.63, 3.8) is 0 Å². The zero-order valence-electron chi connectivity index (χ0n) is 15.8. The molecule has 5 heteroatoms. The first-order valence-corrected chi connectivity index (χ1v) is 9.93. The summed E-state index contributed by atoms with van der Waals surface area (Å²) >= 11 is 1.61. The molecule has 2 unspecified atom stereocenters. The van der Waals surface area contributed by atoms with Crippen molar-refractivity contribution < 1.29 is 9.59 Å². The largest absolute Gasteiger partial charge is 0.338 e. The normalized spacial score (nSPS) is 20.1. The second-order valence-corrected chi connectivity index (χ2v) is 8.94. The van der Waals surface area contributed by atoms with Gasteiger partial charge in [0.25, 0.3) is 11.8 Å². The molecule has 0 bridgehead atoms. The lowest BCUT2D eigenvalue weighted by molar-refractivity contribution is 0.0624. The van der Waals surface area contributed by atoms with Gasteiger partial charge in [0.15, 0.2) is 0 Å². The summed E-state index contributed by atoms with van der Waals surface area (Å²) in [4.78, 5) is 29.8. The van der Waals surface area contributed by atoms with Gasteiger partial charge in [0.05, 0.1) is 16.8 Å². The maximum absolute atomic E-state index is 13.1. The SMILES string of the molecule is Cc1cc(C(=O)Nc2ccccc2C(=O)N2CC(C)CC(C)C2)c(C)s1. The highest BCUT2D eigenvalue weighted by Gasteiger charge is 2.27. The van der Waals surface area contributed by atoms with Gasteiger partial charge in [-0.3, -0.25) is 9.59 Å². The quantitative estimate of drug-likeness (QED) is 0.849. The molecule has 1 fully saturated rings. The number of hydrogen-bond acceptors (Lipinski definition) is 3. The topological polar surface area (TPSA) is 49.4 Å². The minimum atomic E-state index is -0.160. The van der Waals surface area contributed by atoms with Gasteiger partial charge in [-0.2, -0.15) is 0 Å². The van der Waals surface area contributed by atoms with E-state index in [4.69, 9.17) is 0 Å². The molecule has 0 radical (unpaired) electrons. The third-order valence-corrected chi connectivity index (χ3v) is 5.81. The smallest absolute Gasteiger partial charge is 0.256 e. The van der Waals surface area contributed by atoms with Crippen molar-refractivity contribution in [2.75, 3.05) is 18.4 Å². The van der Waals surface area contributed by atoms with Crippen LogP contribution in [-0.4, -0.2) is 29.8 Å². The van der Waals surface area contributed by atoms with Gasteiger partial charge >= 0.3 is 0 Å². The lowest BCUT2D eigenvalue weighted by atomic mass is 9.91. The molecule has 0 spiro atoms. The predicted octanol–water partition coefficient (Wildman–Crippen LogP) is 4.74. The van der Waals surface area contributed by atoms with Crippen molar-refractivity contribution in [2.45, 2.75) is 34.1 Å². The Morgan fingerprint density at radius 3 is 2.35 bits per heavy atom. The van der Waals surface area contributed by atoms with E-state index in [1.54, 1.807) is 23.5 Å². The number of amides is 2. The summed E-state index contributed by atoms with van der Waals surface area (Å²) in [5, 5.41) is 2.94. The van der Waals surface area contributed by atoms with E-state index in [2.05, 4.69) is 19.2 Å². The average Bonchev–Trinajstić information content (AvgIpc) is 2.92. The number of rotatable bonds is 3. The van der Waals surface area contributed by atoms with Crippen molar-refractivity contribution in [2.24, 2.45) is 11.8 Å². The second-order valence-electron chi connectivity index (χ2n) is 7.48. The molecule has 1 N–H and O–H groups in total. The highest BCUT2D eigenvalue weighted by Crippen LogP contribution is 2.26. The van der Waals surface area contributed by atoms with Crippen LogP contribution < -0.4 is 5.32 Å². The van der Waals surface area contributed by atoms with Crippen LogP contribution in [0.15, 0.2) is 30.3 Å². The molecule has 26 heavy (non-hydrogen) atoms. The second kappa shape index (κ2) is 7.62. The van der Waals surface area contributed by atoms with E-state index < -0.39 is 0 Å². The first-order chi connectivity index (χ1) is 12.3. The van der Waals surface area contributed by atoms with Crippen molar-refractivity contribution in [3.8, 4) is 0 Å². The fourth-order valence-electron chi connectivity index (χ4n) is 3.82. The molecule has 1 aromatic heterocycles. The lowest BCUT2D eigenvalue weighted by Crippen LogP contribution is -2.42. The third kappa shape index (κ3) is 3.98. The summed E-state index contributed by atoms with van der Waals surface area (Å²) < 4.78 is 0. The van der Waals surface area contributed by atoms with Crippen molar-refractivity contribution in [3.05, 3.63) is 51.2 Å². The Labute approximate surface area is 159 Å². The fourth-order valence-corrected chi connectivity index (χ4v) is 4.74. The summed E-state index contributed by atoms with van der Waals surface area (Å²) in [6.45, 7) is 9.85. The number of likely N-dealkylation sites (tertiary alicyclic amines) is 1. The number of nitrogens with one attached hydrogen (secondary N) is 1. The summed E-state index contributed by atoms with van der Waals surface area (Å²) in [7, 11) is 0. The first kappa shape index (κ1) is 18.6. The predicted molar refractivity (Wildman–Crippen MR) is 107 cm³/mol. The Balaban J connectivity index is 1.83. The van der Waals surface area contributed by atoms with Gasteiger partial charge in [-0.05, 0) is 50.3 Å². The van der Waals surface area contributed by atoms with Crippen LogP contribution in [0.2, 0.25) is 0 Å². The number of para-hydroxylation sites is 1. The zero-order valence-corrected chi connectivity index (χ0v) is 16.7. The number of nitrogens with zero attached hydrogens (tertiary/aromatic N) is 1. The van der Waals surface area contributed by atoms with Crippen molar-refractivity contribution in [1.82, 2.24) is 4.90 Å². The van der Waals surface area contributed by atoms with E-state index in [1.807, 2.05) is 36.9 Å². The van der Waals surface area contributed by atoms with Gasteiger partial charge in [-0.15, -0.1) is 11.3 Å². The monoisotopic (exact) mass is 370 g/mol. The van der Waals surface area contributed by atoms with Crippen LogP contribution in [-0.2, 0) is 0 Å². The van der Waals surface area contributed by atoms with E-state index in [0.717, 1.165) is 29.3 Å². The van der Waals surface area contributed by atoms with Crippen LogP contribution in [0.25, 0.3) is 0 Å². The van der Waals surface area contributed by atoms with Gasteiger partial charge in [0, 0.05) is 22.8 Å². The Bertz CT molecular complexity index is 817. The standard InChI is InChI=1S/C21H26N2O2S/c1-13-9-14(2)12-23(11-13)21(25)17-7-5-6-8-19(17)22-20(24)18-10-15(3)26-16(18)4/h5-8,10,13-14H,9,11-12H2,1-4H3,(H,22,24). The molecule has 138 valence electrons. The molecule has 1 aliphatic heterocycles. The summed E-state index contributed by atoms with van der Waals surface area (Å²) in [6.07, 6.45) is 1.15. The number of anilines is 1. The first-order valence-electron chi connectivity index (χ1n) is 9.11. The van der Waals surface area contributed by atoms with Gasteiger partial charge in [0.1, 0.15) is 0 Å². The molecule has 2 heterocycles. The minimum absolute atomic E-state index is 0.00230. The number of carbonyl (C=O) groups is 2. The highest BCUT2D eigenvalue weighted by molar-refractivity contribution is 7.12. The molecule has 2 aromatic rings.